The van der Waals surface area contributed by atoms with Crippen LogP contribution in [0.25, 0.3) is 11.1 Å². The van der Waals surface area contributed by atoms with Crippen molar-refractivity contribution in [3.05, 3.63) is 59.7 Å². The Labute approximate surface area is 123 Å². The smallest absolute Gasteiger partial charge is 0.00790 e. The Hall–Kier alpha value is -1.60. The number of aryl methyl sites for hydroxylation is 1. The van der Waals surface area contributed by atoms with Gasteiger partial charge in [0.25, 0.3) is 0 Å². The zero-order valence-electron chi connectivity index (χ0n) is 12.8. The lowest BCUT2D eigenvalue weighted by molar-refractivity contribution is 0.565. The average Bonchev–Trinajstić information content (AvgIpc) is 2.48. The van der Waals surface area contributed by atoms with Gasteiger partial charge in [-0.3, -0.25) is 0 Å². The second kappa shape index (κ2) is 7.25. The minimum Gasteiger partial charge on any atom is -0.314 e. The van der Waals surface area contributed by atoms with Gasteiger partial charge in [0.1, 0.15) is 0 Å². The third-order valence-corrected chi connectivity index (χ3v) is 3.74. The maximum atomic E-state index is 3.45. The molecular weight excluding hydrogens is 242 g/mol. The summed E-state index contributed by atoms with van der Waals surface area (Å²) in [5.41, 5.74) is 5.39. The topological polar surface area (TPSA) is 12.0 Å². The summed E-state index contributed by atoms with van der Waals surface area (Å²) in [6.45, 7) is 7.61. The number of hydrogen-bond acceptors (Lipinski definition) is 1. The Morgan fingerprint density at radius 1 is 0.800 bits per heavy atom. The fourth-order valence-corrected chi connectivity index (χ4v) is 2.54. The predicted molar refractivity (Wildman–Crippen MR) is 88.1 cm³/mol. The molecule has 1 atom stereocenters. The number of nitrogens with one attached hydrogen (secondary N) is 1. The van der Waals surface area contributed by atoms with Crippen molar-refractivity contribution < 1.29 is 0 Å². The van der Waals surface area contributed by atoms with Gasteiger partial charge >= 0.3 is 0 Å². The lowest BCUT2D eigenvalue weighted by Crippen LogP contribution is -2.27. The van der Waals surface area contributed by atoms with E-state index in [9.17, 15) is 0 Å². The van der Waals surface area contributed by atoms with Crippen LogP contribution in [-0.2, 0) is 12.8 Å². The van der Waals surface area contributed by atoms with Crippen molar-refractivity contribution in [2.75, 3.05) is 6.54 Å². The van der Waals surface area contributed by atoms with Crippen LogP contribution in [0.4, 0.5) is 0 Å². The van der Waals surface area contributed by atoms with Crippen LogP contribution in [-0.4, -0.2) is 12.6 Å². The van der Waals surface area contributed by atoms with Gasteiger partial charge in [-0.15, -0.1) is 0 Å². The normalized spacial score (nSPS) is 12.3. The first-order valence-electron chi connectivity index (χ1n) is 7.64. The van der Waals surface area contributed by atoms with E-state index in [1.807, 2.05) is 0 Å². The monoisotopic (exact) mass is 267 g/mol. The van der Waals surface area contributed by atoms with Crippen LogP contribution < -0.4 is 5.32 Å². The Bertz CT molecular complexity index is 510. The second-order valence-corrected chi connectivity index (χ2v) is 5.41. The van der Waals surface area contributed by atoms with E-state index in [0.717, 1.165) is 19.4 Å². The van der Waals surface area contributed by atoms with Crippen LogP contribution in [0.5, 0.6) is 0 Å². The molecule has 1 nitrogen and oxygen atoms in total. The highest BCUT2D eigenvalue weighted by molar-refractivity contribution is 5.63. The van der Waals surface area contributed by atoms with Gasteiger partial charge in [0.05, 0.1) is 0 Å². The summed E-state index contributed by atoms with van der Waals surface area (Å²) < 4.78 is 0. The summed E-state index contributed by atoms with van der Waals surface area (Å²) in [6, 6.07) is 18.4. The summed E-state index contributed by atoms with van der Waals surface area (Å²) in [5, 5.41) is 3.45. The van der Waals surface area contributed by atoms with Crippen molar-refractivity contribution in [1.82, 2.24) is 5.32 Å². The molecule has 0 aromatic heterocycles. The lowest BCUT2D eigenvalue weighted by atomic mass is 10.00. The minimum absolute atomic E-state index is 0.537. The molecule has 0 aliphatic carbocycles. The molecule has 0 spiro atoms. The quantitative estimate of drug-likeness (QED) is 0.815. The summed E-state index contributed by atoms with van der Waals surface area (Å²) >= 11 is 0. The molecule has 1 unspecified atom stereocenters. The molecular formula is C19H25N. The first kappa shape index (κ1) is 14.8. The molecule has 0 radical (unpaired) electrons. The molecule has 2 rings (SSSR count). The maximum Gasteiger partial charge on any atom is 0.00790 e. The van der Waals surface area contributed by atoms with Crippen molar-refractivity contribution in [2.45, 2.75) is 39.7 Å². The van der Waals surface area contributed by atoms with Crippen LogP contribution in [0.1, 0.15) is 31.9 Å². The van der Waals surface area contributed by atoms with Crippen LogP contribution in [0.15, 0.2) is 48.5 Å². The molecule has 1 heteroatoms. The zero-order valence-corrected chi connectivity index (χ0v) is 12.8. The van der Waals surface area contributed by atoms with Crippen LogP contribution in [0, 0.1) is 0 Å². The number of hydrogen-bond donors (Lipinski definition) is 1. The van der Waals surface area contributed by atoms with Crippen molar-refractivity contribution in [2.24, 2.45) is 0 Å². The Morgan fingerprint density at radius 2 is 1.30 bits per heavy atom. The zero-order chi connectivity index (χ0) is 14.4. The SMILES string of the molecule is CCNC(C)Cc1ccc(-c2ccc(CC)cc2)cc1. The first-order valence-corrected chi connectivity index (χ1v) is 7.64. The van der Waals surface area contributed by atoms with Crippen molar-refractivity contribution >= 4 is 0 Å². The van der Waals surface area contributed by atoms with Crippen LogP contribution >= 0.6 is 0 Å². The van der Waals surface area contributed by atoms with E-state index >= 15 is 0 Å². The number of likely N-dealkylation sites (N-methyl/N-ethyl adjacent to an activating group) is 1. The minimum atomic E-state index is 0.537. The van der Waals surface area contributed by atoms with Crippen LogP contribution in [0.3, 0.4) is 0 Å². The largest absolute Gasteiger partial charge is 0.314 e. The third kappa shape index (κ3) is 3.94. The van der Waals surface area contributed by atoms with Crippen molar-refractivity contribution in [3.8, 4) is 11.1 Å². The lowest BCUT2D eigenvalue weighted by Gasteiger charge is -2.12. The summed E-state index contributed by atoms with van der Waals surface area (Å²) in [4.78, 5) is 0. The molecule has 0 aliphatic rings. The molecule has 0 amide bonds. The molecule has 0 heterocycles. The van der Waals surface area contributed by atoms with Gasteiger partial charge in [-0.05, 0) is 48.6 Å². The molecule has 0 bridgehead atoms. The fourth-order valence-electron chi connectivity index (χ4n) is 2.54. The average molecular weight is 267 g/mol. The Kier molecular flexibility index (Phi) is 5.37. The molecule has 2 aromatic carbocycles. The fraction of sp³-hybridized carbons (Fsp3) is 0.368. The predicted octanol–water partition coefficient (Wildman–Crippen LogP) is 4.46. The van der Waals surface area contributed by atoms with Crippen molar-refractivity contribution in [3.63, 3.8) is 0 Å². The van der Waals surface area contributed by atoms with Gasteiger partial charge < -0.3 is 5.32 Å². The van der Waals surface area contributed by atoms with E-state index in [4.69, 9.17) is 0 Å². The van der Waals surface area contributed by atoms with Gasteiger partial charge in [0.2, 0.25) is 0 Å². The molecule has 0 aliphatic heterocycles. The van der Waals surface area contributed by atoms with E-state index in [0.29, 0.717) is 6.04 Å². The van der Waals surface area contributed by atoms with E-state index in [2.05, 4.69) is 74.6 Å². The highest BCUT2D eigenvalue weighted by atomic mass is 14.9. The molecule has 2 aromatic rings. The highest BCUT2D eigenvalue weighted by Gasteiger charge is 2.03. The molecule has 1 N–H and O–H groups in total. The summed E-state index contributed by atoms with van der Waals surface area (Å²) in [7, 11) is 0. The van der Waals surface area contributed by atoms with Crippen molar-refractivity contribution in [1.29, 1.82) is 0 Å². The van der Waals surface area contributed by atoms with E-state index in [1.54, 1.807) is 0 Å². The Balaban J connectivity index is 2.07. The van der Waals surface area contributed by atoms with Gasteiger partial charge in [0.15, 0.2) is 0 Å². The van der Waals surface area contributed by atoms with E-state index < -0.39 is 0 Å². The van der Waals surface area contributed by atoms with Gasteiger partial charge in [-0.2, -0.15) is 0 Å². The summed E-state index contributed by atoms with van der Waals surface area (Å²) in [5.74, 6) is 0. The molecule has 20 heavy (non-hydrogen) atoms. The molecule has 0 saturated carbocycles. The van der Waals surface area contributed by atoms with Gasteiger partial charge in [0, 0.05) is 6.04 Å². The van der Waals surface area contributed by atoms with E-state index in [1.165, 1.54) is 22.3 Å². The van der Waals surface area contributed by atoms with Gasteiger partial charge in [-0.1, -0.05) is 62.4 Å². The van der Waals surface area contributed by atoms with Crippen LogP contribution in [0.2, 0.25) is 0 Å². The molecule has 0 saturated heterocycles. The Morgan fingerprint density at radius 3 is 1.75 bits per heavy atom. The molecule has 106 valence electrons. The standard InChI is InChI=1S/C19H25N/c1-4-16-6-10-18(11-7-16)19-12-8-17(9-13-19)14-15(3)20-5-2/h6-13,15,20H,4-5,14H2,1-3H3. The number of rotatable bonds is 6. The maximum absolute atomic E-state index is 3.45. The van der Waals surface area contributed by atoms with E-state index in [-0.39, 0.29) is 0 Å². The molecule has 0 fully saturated rings. The highest BCUT2D eigenvalue weighted by Crippen LogP contribution is 2.21. The summed E-state index contributed by atoms with van der Waals surface area (Å²) in [6.07, 6.45) is 2.18. The van der Waals surface area contributed by atoms with Gasteiger partial charge in [-0.25, -0.2) is 0 Å². The third-order valence-electron chi connectivity index (χ3n) is 3.74. The second-order valence-electron chi connectivity index (χ2n) is 5.41. The number of benzene rings is 2. The first-order chi connectivity index (χ1) is 9.72.